The summed E-state index contributed by atoms with van der Waals surface area (Å²) in [7, 11) is 1.63. The molecule has 0 radical (unpaired) electrons. The molecular formula is C14H27F3IN3. The number of hydrogen-bond donors (Lipinski definition) is 1. The van der Waals surface area contributed by atoms with E-state index in [0.29, 0.717) is 17.8 Å². The van der Waals surface area contributed by atoms with Crippen molar-refractivity contribution in [1.29, 1.82) is 0 Å². The van der Waals surface area contributed by atoms with E-state index in [4.69, 9.17) is 0 Å². The Morgan fingerprint density at radius 3 is 2.43 bits per heavy atom. The van der Waals surface area contributed by atoms with Crippen molar-refractivity contribution in [1.82, 2.24) is 10.2 Å². The molecule has 1 aliphatic rings. The first-order chi connectivity index (χ1) is 9.41. The van der Waals surface area contributed by atoms with Crippen LogP contribution in [-0.2, 0) is 0 Å². The van der Waals surface area contributed by atoms with Gasteiger partial charge in [0.1, 0.15) is 0 Å². The molecule has 0 aromatic heterocycles. The molecule has 0 spiro atoms. The number of rotatable bonds is 5. The monoisotopic (exact) mass is 421 g/mol. The third-order valence-electron chi connectivity index (χ3n) is 4.14. The number of nitrogens with zero attached hydrogens (tertiary/aromatic N) is 2. The number of aliphatic imine (C=N–C) groups is 1. The highest BCUT2D eigenvalue weighted by Crippen LogP contribution is 2.28. The number of halogens is 4. The highest BCUT2D eigenvalue weighted by atomic mass is 127. The van der Waals surface area contributed by atoms with Crippen LogP contribution in [0.25, 0.3) is 0 Å². The maximum atomic E-state index is 12.2. The molecule has 0 saturated carbocycles. The van der Waals surface area contributed by atoms with E-state index < -0.39 is 12.6 Å². The number of alkyl halides is 3. The van der Waals surface area contributed by atoms with Gasteiger partial charge in [-0.15, -0.1) is 24.0 Å². The van der Waals surface area contributed by atoms with Gasteiger partial charge in [-0.2, -0.15) is 13.2 Å². The summed E-state index contributed by atoms with van der Waals surface area (Å²) >= 11 is 0. The summed E-state index contributed by atoms with van der Waals surface area (Å²) in [5.74, 6) is 1.93. The first-order valence-electron chi connectivity index (χ1n) is 7.43. The quantitative estimate of drug-likeness (QED) is 0.415. The Labute approximate surface area is 142 Å². The minimum atomic E-state index is -4.12. The van der Waals surface area contributed by atoms with E-state index in [2.05, 4.69) is 29.1 Å². The van der Waals surface area contributed by atoms with E-state index in [1.807, 2.05) is 0 Å². The fourth-order valence-corrected chi connectivity index (χ4v) is 2.97. The van der Waals surface area contributed by atoms with E-state index in [9.17, 15) is 13.2 Å². The van der Waals surface area contributed by atoms with Gasteiger partial charge in [0.25, 0.3) is 0 Å². The van der Waals surface area contributed by atoms with Crippen LogP contribution in [0.2, 0.25) is 0 Å². The maximum Gasteiger partial charge on any atom is 0.390 e. The molecule has 7 heteroatoms. The smallest absolute Gasteiger partial charge is 0.356 e. The number of nitrogens with one attached hydrogen (secondary N) is 1. The van der Waals surface area contributed by atoms with Crippen molar-refractivity contribution >= 4 is 29.9 Å². The largest absolute Gasteiger partial charge is 0.390 e. The maximum absolute atomic E-state index is 12.2. The van der Waals surface area contributed by atoms with Crippen molar-refractivity contribution in [3.63, 3.8) is 0 Å². The van der Waals surface area contributed by atoms with Crippen molar-refractivity contribution in [2.45, 2.75) is 45.7 Å². The molecule has 126 valence electrons. The zero-order valence-corrected chi connectivity index (χ0v) is 15.4. The first kappa shape index (κ1) is 20.8. The van der Waals surface area contributed by atoms with Crippen molar-refractivity contribution in [3.8, 4) is 0 Å². The molecule has 21 heavy (non-hydrogen) atoms. The molecule has 0 bridgehead atoms. The van der Waals surface area contributed by atoms with Crippen molar-refractivity contribution < 1.29 is 13.2 Å². The summed E-state index contributed by atoms with van der Waals surface area (Å²) < 4.78 is 36.5. The molecule has 0 aromatic rings. The van der Waals surface area contributed by atoms with Crippen LogP contribution in [0.5, 0.6) is 0 Å². The Hall–Kier alpha value is -0.210. The van der Waals surface area contributed by atoms with Gasteiger partial charge in [-0.3, -0.25) is 4.99 Å². The second kappa shape index (κ2) is 9.74. The van der Waals surface area contributed by atoms with Gasteiger partial charge < -0.3 is 10.2 Å². The lowest BCUT2D eigenvalue weighted by Gasteiger charge is -2.24. The molecule has 1 unspecified atom stereocenters. The van der Waals surface area contributed by atoms with Gasteiger partial charge in [-0.05, 0) is 18.3 Å². The van der Waals surface area contributed by atoms with Gasteiger partial charge in [-0.1, -0.05) is 26.7 Å². The van der Waals surface area contributed by atoms with E-state index in [-0.39, 0.29) is 30.5 Å². The Morgan fingerprint density at radius 2 is 1.95 bits per heavy atom. The standard InChI is InChI=1S/C14H26F3N3.HI/c1-4-11(5-2)12-6-9-20(10-12)13(18-3)19-8-7-14(15,16)17;/h11-12H,4-10H2,1-3H3,(H,18,19);1H. The molecule has 1 saturated heterocycles. The van der Waals surface area contributed by atoms with Crippen LogP contribution in [0.1, 0.15) is 39.5 Å². The molecule has 0 aliphatic carbocycles. The second-order valence-electron chi connectivity index (χ2n) is 5.41. The van der Waals surface area contributed by atoms with Gasteiger partial charge in [0.15, 0.2) is 5.96 Å². The molecule has 1 atom stereocenters. The molecule has 0 aromatic carbocycles. The highest BCUT2D eigenvalue weighted by molar-refractivity contribution is 14.0. The number of hydrogen-bond acceptors (Lipinski definition) is 1. The molecule has 1 rings (SSSR count). The third kappa shape index (κ3) is 7.06. The van der Waals surface area contributed by atoms with Crippen LogP contribution in [0, 0.1) is 11.8 Å². The summed E-state index contributed by atoms with van der Waals surface area (Å²) in [5.41, 5.74) is 0. The van der Waals surface area contributed by atoms with Gasteiger partial charge in [0.2, 0.25) is 0 Å². The summed E-state index contributed by atoms with van der Waals surface area (Å²) in [6.45, 7) is 6.08. The lowest BCUT2D eigenvalue weighted by Crippen LogP contribution is -2.41. The molecule has 0 amide bonds. The average Bonchev–Trinajstić information content (AvgIpc) is 2.84. The summed E-state index contributed by atoms with van der Waals surface area (Å²) in [6, 6.07) is 0. The lowest BCUT2D eigenvalue weighted by atomic mass is 9.87. The number of likely N-dealkylation sites (tertiary alicyclic amines) is 1. The fraction of sp³-hybridized carbons (Fsp3) is 0.929. The lowest BCUT2D eigenvalue weighted by molar-refractivity contribution is -0.132. The normalized spacial score (nSPS) is 19.9. The van der Waals surface area contributed by atoms with Crippen LogP contribution < -0.4 is 5.32 Å². The van der Waals surface area contributed by atoms with Gasteiger partial charge in [-0.25, -0.2) is 0 Å². The van der Waals surface area contributed by atoms with E-state index in [1.165, 1.54) is 0 Å². The SMILES string of the molecule is CCC(CC)C1CCN(C(=NC)NCCC(F)(F)F)C1.I. The number of guanidine groups is 1. The summed E-state index contributed by atoms with van der Waals surface area (Å²) in [4.78, 5) is 6.18. The molecule has 1 fully saturated rings. The Morgan fingerprint density at radius 1 is 1.33 bits per heavy atom. The average molecular weight is 421 g/mol. The first-order valence-corrected chi connectivity index (χ1v) is 7.43. The molecule has 1 heterocycles. The van der Waals surface area contributed by atoms with Crippen LogP contribution >= 0.6 is 24.0 Å². The second-order valence-corrected chi connectivity index (χ2v) is 5.41. The van der Waals surface area contributed by atoms with E-state index in [1.54, 1.807) is 7.05 Å². The summed E-state index contributed by atoms with van der Waals surface area (Å²) in [5, 5.41) is 2.82. The fourth-order valence-electron chi connectivity index (χ4n) is 2.97. The Bertz CT molecular complexity index is 317. The minimum Gasteiger partial charge on any atom is -0.356 e. The van der Waals surface area contributed by atoms with Crippen molar-refractivity contribution in [3.05, 3.63) is 0 Å². The van der Waals surface area contributed by atoms with Crippen molar-refractivity contribution in [2.75, 3.05) is 26.7 Å². The zero-order valence-electron chi connectivity index (χ0n) is 13.0. The molecular weight excluding hydrogens is 394 g/mol. The van der Waals surface area contributed by atoms with Crippen LogP contribution in [0.15, 0.2) is 4.99 Å². The van der Waals surface area contributed by atoms with Crippen LogP contribution in [-0.4, -0.2) is 43.7 Å². The highest BCUT2D eigenvalue weighted by Gasteiger charge is 2.30. The van der Waals surface area contributed by atoms with Crippen molar-refractivity contribution in [2.24, 2.45) is 16.8 Å². The molecule has 1 aliphatic heterocycles. The van der Waals surface area contributed by atoms with E-state index in [0.717, 1.165) is 32.4 Å². The third-order valence-corrected chi connectivity index (χ3v) is 4.14. The molecule has 1 N–H and O–H groups in total. The minimum absolute atomic E-state index is 0. The van der Waals surface area contributed by atoms with Gasteiger partial charge >= 0.3 is 6.18 Å². The van der Waals surface area contributed by atoms with Gasteiger partial charge in [0, 0.05) is 26.7 Å². The topological polar surface area (TPSA) is 27.6 Å². The predicted molar refractivity (Wildman–Crippen MR) is 91.2 cm³/mol. The van der Waals surface area contributed by atoms with E-state index >= 15 is 0 Å². The molecule has 3 nitrogen and oxygen atoms in total. The van der Waals surface area contributed by atoms with Crippen LogP contribution in [0.4, 0.5) is 13.2 Å². The Kier molecular flexibility index (Phi) is 9.64. The van der Waals surface area contributed by atoms with Crippen LogP contribution in [0.3, 0.4) is 0 Å². The predicted octanol–water partition coefficient (Wildman–Crippen LogP) is 3.89. The Balaban J connectivity index is 0.00000400. The summed E-state index contributed by atoms with van der Waals surface area (Å²) in [6.07, 6.45) is -1.51. The zero-order chi connectivity index (χ0) is 15.2. The van der Waals surface area contributed by atoms with Gasteiger partial charge in [0.05, 0.1) is 6.42 Å².